The number of aromatic nitrogens is 1. The van der Waals surface area contributed by atoms with Crippen LogP contribution in [-0.2, 0) is 12.8 Å². The van der Waals surface area contributed by atoms with Crippen LogP contribution in [0, 0.1) is 0 Å². The number of furan rings is 1. The van der Waals surface area contributed by atoms with Gasteiger partial charge in [-0.05, 0) is 42.6 Å². The predicted molar refractivity (Wildman–Crippen MR) is 99.9 cm³/mol. The number of H-pyrrole nitrogens is 1. The maximum atomic E-state index is 5.70. The zero-order valence-corrected chi connectivity index (χ0v) is 14.0. The molecule has 0 radical (unpaired) electrons. The maximum Gasteiger partial charge on any atom is 0.137 e. The zero-order chi connectivity index (χ0) is 15.2. The molecule has 1 aliphatic rings. The fourth-order valence-electron chi connectivity index (χ4n) is 3.87. The monoisotopic (exact) mass is 338 g/mol. The molecule has 0 aliphatic carbocycles. The van der Waals surface area contributed by atoms with Crippen molar-refractivity contribution >= 4 is 34.3 Å². The number of para-hydroxylation sites is 2. The molecule has 3 nitrogen and oxygen atoms in total. The molecule has 2 aromatic heterocycles. The van der Waals surface area contributed by atoms with Crippen LogP contribution in [0.2, 0.25) is 0 Å². The van der Waals surface area contributed by atoms with Gasteiger partial charge in [-0.15, -0.1) is 12.4 Å². The lowest BCUT2D eigenvalue weighted by atomic mass is 9.94. The van der Waals surface area contributed by atoms with Gasteiger partial charge in [0.15, 0.2) is 0 Å². The highest BCUT2D eigenvalue weighted by atomic mass is 35.5. The molecule has 0 amide bonds. The maximum absolute atomic E-state index is 5.70. The summed E-state index contributed by atoms with van der Waals surface area (Å²) in [6.45, 7) is 1.02. The van der Waals surface area contributed by atoms with Crippen LogP contribution in [0.4, 0.5) is 0 Å². The molecule has 3 heterocycles. The summed E-state index contributed by atoms with van der Waals surface area (Å²) in [6.07, 6.45) is 3.79. The first-order valence-electron chi connectivity index (χ1n) is 8.18. The Labute approximate surface area is 146 Å². The van der Waals surface area contributed by atoms with Gasteiger partial charge in [0.2, 0.25) is 0 Å². The molecular formula is C20H19ClN2O. The third-order valence-corrected chi connectivity index (χ3v) is 4.95. The normalized spacial score (nSPS) is 16.9. The van der Waals surface area contributed by atoms with Crippen LogP contribution < -0.4 is 5.32 Å². The average molecular weight is 339 g/mol. The van der Waals surface area contributed by atoms with Crippen molar-refractivity contribution in [3.05, 3.63) is 71.6 Å². The van der Waals surface area contributed by atoms with Crippen LogP contribution in [0.25, 0.3) is 21.9 Å². The third-order valence-electron chi connectivity index (χ3n) is 4.95. The summed E-state index contributed by atoms with van der Waals surface area (Å²) in [6, 6.07) is 17.3. The lowest BCUT2D eigenvalue weighted by molar-refractivity contribution is 0.492. The molecular weight excluding hydrogens is 320 g/mol. The molecule has 2 N–H and O–H groups in total. The van der Waals surface area contributed by atoms with Crippen molar-refractivity contribution < 1.29 is 4.42 Å². The molecule has 1 unspecified atom stereocenters. The number of aromatic amines is 1. The lowest BCUT2D eigenvalue weighted by Crippen LogP contribution is -2.31. The first-order valence-corrected chi connectivity index (χ1v) is 8.18. The Bertz CT molecular complexity index is 1000. The van der Waals surface area contributed by atoms with E-state index in [4.69, 9.17) is 4.42 Å². The second kappa shape index (κ2) is 6.00. The predicted octanol–water partition coefficient (Wildman–Crippen LogP) is 4.77. The topological polar surface area (TPSA) is 41.0 Å². The summed E-state index contributed by atoms with van der Waals surface area (Å²) in [5.41, 5.74) is 6.31. The third kappa shape index (κ3) is 2.32. The molecule has 1 aliphatic heterocycles. The Morgan fingerprint density at radius 3 is 2.92 bits per heavy atom. The van der Waals surface area contributed by atoms with Crippen molar-refractivity contribution in [2.45, 2.75) is 18.9 Å². The highest BCUT2D eigenvalue weighted by Crippen LogP contribution is 2.33. The van der Waals surface area contributed by atoms with Gasteiger partial charge in [0.25, 0.3) is 0 Å². The van der Waals surface area contributed by atoms with Crippen LogP contribution >= 0.6 is 12.4 Å². The van der Waals surface area contributed by atoms with Gasteiger partial charge in [0.05, 0.1) is 12.3 Å². The summed E-state index contributed by atoms with van der Waals surface area (Å²) < 4.78 is 5.70. The van der Waals surface area contributed by atoms with E-state index in [1.807, 2.05) is 6.07 Å². The fourth-order valence-corrected chi connectivity index (χ4v) is 3.87. The van der Waals surface area contributed by atoms with Crippen molar-refractivity contribution in [2.75, 3.05) is 6.54 Å². The van der Waals surface area contributed by atoms with Crippen molar-refractivity contribution in [2.24, 2.45) is 0 Å². The van der Waals surface area contributed by atoms with E-state index in [1.54, 1.807) is 6.26 Å². The first kappa shape index (κ1) is 15.3. The van der Waals surface area contributed by atoms with Crippen LogP contribution in [-0.4, -0.2) is 11.5 Å². The molecule has 24 heavy (non-hydrogen) atoms. The van der Waals surface area contributed by atoms with E-state index in [2.05, 4.69) is 52.8 Å². The summed E-state index contributed by atoms with van der Waals surface area (Å²) >= 11 is 0. The SMILES string of the molecule is Cl.c1cc(CC2NCCc3c2[nH]c2ccccc32)c2occc2c1. The number of benzene rings is 2. The minimum atomic E-state index is 0. The summed E-state index contributed by atoms with van der Waals surface area (Å²) in [5.74, 6) is 0. The minimum Gasteiger partial charge on any atom is -0.464 e. The largest absolute Gasteiger partial charge is 0.464 e. The van der Waals surface area contributed by atoms with Crippen LogP contribution in [0.5, 0.6) is 0 Å². The Hall–Kier alpha value is -2.23. The molecule has 4 heteroatoms. The average Bonchev–Trinajstić information content (AvgIpc) is 3.20. The molecule has 0 spiro atoms. The molecule has 1 atom stereocenters. The van der Waals surface area contributed by atoms with E-state index in [0.717, 1.165) is 25.0 Å². The smallest absolute Gasteiger partial charge is 0.137 e. The molecule has 5 rings (SSSR count). The minimum absolute atomic E-state index is 0. The van der Waals surface area contributed by atoms with E-state index in [-0.39, 0.29) is 12.4 Å². The molecule has 0 saturated heterocycles. The van der Waals surface area contributed by atoms with Gasteiger partial charge in [0, 0.05) is 22.0 Å². The molecule has 0 bridgehead atoms. The van der Waals surface area contributed by atoms with E-state index in [1.165, 1.54) is 33.1 Å². The highest BCUT2D eigenvalue weighted by molar-refractivity contribution is 5.86. The van der Waals surface area contributed by atoms with Gasteiger partial charge in [-0.2, -0.15) is 0 Å². The van der Waals surface area contributed by atoms with E-state index >= 15 is 0 Å². The summed E-state index contributed by atoms with van der Waals surface area (Å²) in [7, 11) is 0. The molecule has 2 aromatic carbocycles. The molecule has 122 valence electrons. The number of rotatable bonds is 2. The number of hydrogen-bond donors (Lipinski definition) is 2. The van der Waals surface area contributed by atoms with Crippen LogP contribution in [0.1, 0.15) is 22.9 Å². The van der Waals surface area contributed by atoms with E-state index < -0.39 is 0 Å². The Kier molecular flexibility index (Phi) is 3.83. The van der Waals surface area contributed by atoms with E-state index in [9.17, 15) is 0 Å². The van der Waals surface area contributed by atoms with Gasteiger partial charge in [-0.1, -0.05) is 36.4 Å². The van der Waals surface area contributed by atoms with E-state index in [0.29, 0.717) is 6.04 Å². The fraction of sp³-hybridized carbons (Fsp3) is 0.200. The number of hydrogen-bond acceptors (Lipinski definition) is 2. The lowest BCUT2D eigenvalue weighted by Gasteiger charge is -2.24. The van der Waals surface area contributed by atoms with Crippen LogP contribution in [0.15, 0.2) is 59.2 Å². The molecule has 4 aromatic rings. The second-order valence-corrected chi connectivity index (χ2v) is 6.28. The van der Waals surface area contributed by atoms with Gasteiger partial charge in [-0.25, -0.2) is 0 Å². The van der Waals surface area contributed by atoms with Crippen molar-refractivity contribution in [1.82, 2.24) is 10.3 Å². The van der Waals surface area contributed by atoms with Crippen LogP contribution in [0.3, 0.4) is 0 Å². The van der Waals surface area contributed by atoms with Gasteiger partial charge < -0.3 is 14.7 Å². The van der Waals surface area contributed by atoms with Crippen molar-refractivity contribution in [3.8, 4) is 0 Å². The summed E-state index contributed by atoms with van der Waals surface area (Å²) in [4.78, 5) is 3.64. The molecule has 0 fully saturated rings. The van der Waals surface area contributed by atoms with Gasteiger partial charge >= 0.3 is 0 Å². The Morgan fingerprint density at radius 2 is 1.96 bits per heavy atom. The first-order chi connectivity index (χ1) is 11.4. The summed E-state index contributed by atoms with van der Waals surface area (Å²) in [5, 5.41) is 6.21. The number of fused-ring (bicyclic) bond motifs is 4. The van der Waals surface area contributed by atoms with Crippen molar-refractivity contribution in [3.63, 3.8) is 0 Å². The Balaban J connectivity index is 0.00000146. The van der Waals surface area contributed by atoms with Gasteiger partial charge in [0.1, 0.15) is 5.58 Å². The second-order valence-electron chi connectivity index (χ2n) is 6.28. The zero-order valence-electron chi connectivity index (χ0n) is 13.2. The quantitative estimate of drug-likeness (QED) is 0.553. The standard InChI is InChI=1S/C20H18N2O.ClH/c1-2-7-17-15(6-1)16-8-10-21-18(19(16)22-17)12-14-5-3-4-13-9-11-23-20(13)14;/h1-7,9,11,18,21-22H,8,10,12H2;1H. The Morgan fingerprint density at radius 1 is 1.04 bits per heavy atom. The highest BCUT2D eigenvalue weighted by Gasteiger charge is 2.24. The number of halogens is 1. The van der Waals surface area contributed by atoms with Gasteiger partial charge in [-0.3, -0.25) is 0 Å². The van der Waals surface area contributed by atoms with Crippen molar-refractivity contribution in [1.29, 1.82) is 0 Å². The molecule has 0 saturated carbocycles. The number of nitrogens with one attached hydrogen (secondary N) is 2.